The first kappa shape index (κ1) is 12.3. The maximum Gasteiger partial charge on any atom is 0.241 e. The van der Waals surface area contributed by atoms with Gasteiger partial charge in [-0.25, -0.2) is 13.6 Å². The van der Waals surface area contributed by atoms with E-state index in [0.717, 1.165) is 0 Å². The van der Waals surface area contributed by atoms with E-state index >= 15 is 0 Å². The summed E-state index contributed by atoms with van der Waals surface area (Å²) >= 11 is 3.15. The standard InChI is InChI=1S/C8H10BrNO4S/c1-13-6-3-5(9)4-7(8(6)14-2)15(10,11)12/h3-4H,1-2H3,(H2,10,11,12). The number of sulfonamides is 1. The highest BCUT2D eigenvalue weighted by atomic mass is 79.9. The molecule has 0 fully saturated rings. The van der Waals surface area contributed by atoms with E-state index in [9.17, 15) is 8.42 Å². The average Bonchev–Trinajstić information content (AvgIpc) is 2.15. The van der Waals surface area contributed by atoms with Crippen molar-refractivity contribution < 1.29 is 17.9 Å². The lowest BCUT2D eigenvalue weighted by Crippen LogP contribution is -2.14. The molecule has 0 amide bonds. The molecule has 0 heterocycles. The molecule has 1 aromatic carbocycles. The predicted octanol–water partition coefficient (Wildman–Crippen LogP) is 1.11. The van der Waals surface area contributed by atoms with Crippen molar-refractivity contribution in [1.29, 1.82) is 0 Å². The van der Waals surface area contributed by atoms with Crippen molar-refractivity contribution in [3.8, 4) is 11.5 Å². The number of halogens is 1. The fourth-order valence-corrected chi connectivity index (χ4v) is 2.43. The highest BCUT2D eigenvalue weighted by molar-refractivity contribution is 9.10. The van der Waals surface area contributed by atoms with Crippen LogP contribution in [0.15, 0.2) is 21.5 Å². The van der Waals surface area contributed by atoms with Crippen molar-refractivity contribution >= 4 is 26.0 Å². The number of primary sulfonamides is 1. The van der Waals surface area contributed by atoms with Gasteiger partial charge in [0.15, 0.2) is 11.5 Å². The molecule has 0 saturated carbocycles. The third-order valence-corrected chi connectivity index (χ3v) is 3.09. The molecule has 0 spiro atoms. The Morgan fingerprint density at radius 2 is 1.87 bits per heavy atom. The molecule has 0 radical (unpaired) electrons. The van der Waals surface area contributed by atoms with E-state index in [1.807, 2.05) is 0 Å². The quantitative estimate of drug-likeness (QED) is 0.906. The van der Waals surface area contributed by atoms with Gasteiger partial charge in [0.25, 0.3) is 0 Å². The second kappa shape index (κ2) is 4.38. The zero-order chi connectivity index (χ0) is 11.6. The highest BCUT2D eigenvalue weighted by Crippen LogP contribution is 2.36. The van der Waals surface area contributed by atoms with Gasteiger partial charge in [0, 0.05) is 4.47 Å². The maximum atomic E-state index is 11.3. The second-order valence-corrected chi connectivity index (χ2v) is 5.13. The minimum absolute atomic E-state index is 0.100. The van der Waals surface area contributed by atoms with E-state index in [-0.39, 0.29) is 10.6 Å². The molecule has 0 aromatic heterocycles. The van der Waals surface area contributed by atoms with E-state index in [4.69, 9.17) is 14.6 Å². The normalized spacial score (nSPS) is 11.2. The number of rotatable bonds is 3. The monoisotopic (exact) mass is 295 g/mol. The molecule has 5 nitrogen and oxygen atoms in total. The Labute approximate surface area is 96.4 Å². The number of methoxy groups -OCH3 is 2. The number of hydrogen-bond donors (Lipinski definition) is 1. The van der Waals surface area contributed by atoms with Crippen molar-refractivity contribution in [2.45, 2.75) is 4.90 Å². The van der Waals surface area contributed by atoms with Gasteiger partial charge in [-0.05, 0) is 12.1 Å². The Morgan fingerprint density at radius 3 is 2.27 bits per heavy atom. The average molecular weight is 296 g/mol. The number of ether oxygens (including phenoxy) is 2. The molecule has 2 N–H and O–H groups in total. The van der Waals surface area contributed by atoms with Crippen LogP contribution in [0.4, 0.5) is 0 Å². The van der Waals surface area contributed by atoms with Gasteiger partial charge in [-0.3, -0.25) is 0 Å². The van der Waals surface area contributed by atoms with Crippen LogP contribution in [0.25, 0.3) is 0 Å². The summed E-state index contributed by atoms with van der Waals surface area (Å²) in [7, 11) is -1.07. The first-order valence-corrected chi connectivity index (χ1v) is 6.18. The first-order chi connectivity index (χ1) is 6.90. The Hall–Kier alpha value is -0.790. The zero-order valence-corrected chi connectivity index (χ0v) is 10.6. The van der Waals surface area contributed by atoms with E-state index in [1.165, 1.54) is 20.3 Å². The molecule has 1 rings (SSSR count). The van der Waals surface area contributed by atoms with Crippen LogP contribution in [0.2, 0.25) is 0 Å². The summed E-state index contributed by atoms with van der Waals surface area (Å²) in [5.74, 6) is 0.402. The zero-order valence-electron chi connectivity index (χ0n) is 8.15. The number of nitrogens with two attached hydrogens (primary N) is 1. The van der Waals surface area contributed by atoms with Crippen molar-refractivity contribution in [3.05, 3.63) is 16.6 Å². The van der Waals surface area contributed by atoms with Crippen molar-refractivity contribution in [1.82, 2.24) is 0 Å². The third kappa shape index (κ3) is 2.61. The molecule has 0 bridgehead atoms. The van der Waals surface area contributed by atoms with E-state index < -0.39 is 10.0 Å². The Kier molecular flexibility index (Phi) is 3.58. The summed E-state index contributed by atoms with van der Waals surface area (Å²) < 4.78 is 33.0. The van der Waals surface area contributed by atoms with Crippen LogP contribution in [0.5, 0.6) is 11.5 Å². The highest BCUT2D eigenvalue weighted by Gasteiger charge is 2.20. The fraction of sp³-hybridized carbons (Fsp3) is 0.250. The lowest BCUT2D eigenvalue weighted by atomic mass is 10.3. The van der Waals surface area contributed by atoms with Crippen LogP contribution < -0.4 is 14.6 Å². The van der Waals surface area contributed by atoms with E-state index in [1.54, 1.807) is 6.07 Å². The van der Waals surface area contributed by atoms with Crippen LogP contribution in [-0.2, 0) is 10.0 Å². The molecule has 1 aromatic rings. The van der Waals surface area contributed by atoms with Crippen molar-refractivity contribution in [2.24, 2.45) is 5.14 Å². The minimum Gasteiger partial charge on any atom is -0.493 e. The molecule has 0 aliphatic rings. The van der Waals surface area contributed by atoms with Gasteiger partial charge in [0.05, 0.1) is 14.2 Å². The van der Waals surface area contributed by atoms with Crippen molar-refractivity contribution in [3.63, 3.8) is 0 Å². The van der Waals surface area contributed by atoms with Crippen LogP contribution in [-0.4, -0.2) is 22.6 Å². The summed E-state index contributed by atoms with van der Waals surface area (Å²) in [5.41, 5.74) is 0. The Bertz CT molecular complexity index is 472. The molecule has 0 saturated heterocycles. The molecule has 0 unspecified atom stereocenters. The van der Waals surface area contributed by atoms with Crippen LogP contribution in [0.1, 0.15) is 0 Å². The number of hydrogen-bond acceptors (Lipinski definition) is 4. The summed E-state index contributed by atoms with van der Waals surface area (Å²) in [6.45, 7) is 0. The predicted molar refractivity (Wildman–Crippen MR) is 58.6 cm³/mol. The molecular weight excluding hydrogens is 286 g/mol. The van der Waals surface area contributed by atoms with E-state index in [2.05, 4.69) is 15.9 Å². The second-order valence-electron chi connectivity index (χ2n) is 2.68. The SMILES string of the molecule is COc1cc(Br)cc(S(N)(=O)=O)c1OC. The third-order valence-electron chi connectivity index (χ3n) is 1.72. The molecule has 84 valence electrons. The van der Waals surface area contributed by atoms with Gasteiger partial charge in [-0.1, -0.05) is 15.9 Å². The van der Waals surface area contributed by atoms with Gasteiger partial charge in [-0.2, -0.15) is 0 Å². The maximum absolute atomic E-state index is 11.3. The first-order valence-electron chi connectivity index (χ1n) is 3.84. The lowest BCUT2D eigenvalue weighted by molar-refractivity contribution is 0.346. The van der Waals surface area contributed by atoms with Crippen LogP contribution in [0, 0.1) is 0 Å². The largest absolute Gasteiger partial charge is 0.493 e. The Morgan fingerprint density at radius 1 is 1.27 bits per heavy atom. The van der Waals surface area contributed by atoms with E-state index in [0.29, 0.717) is 10.2 Å². The fourth-order valence-electron chi connectivity index (χ4n) is 1.11. The Balaban J connectivity index is 3.57. The smallest absolute Gasteiger partial charge is 0.241 e. The van der Waals surface area contributed by atoms with Gasteiger partial charge < -0.3 is 9.47 Å². The summed E-state index contributed by atoms with van der Waals surface area (Å²) in [5, 5.41) is 5.04. The molecule has 0 aliphatic heterocycles. The van der Waals surface area contributed by atoms with Gasteiger partial charge in [0.1, 0.15) is 4.90 Å². The van der Waals surface area contributed by atoms with Gasteiger partial charge >= 0.3 is 0 Å². The van der Waals surface area contributed by atoms with Crippen LogP contribution in [0.3, 0.4) is 0 Å². The molecule has 15 heavy (non-hydrogen) atoms. The molecule has 0 aliphatic carbocycles. The van der Waals surface area contributed by atoms with Crippen LogP contribution >= 0.6 is 15.9 Å². The van der Waals surface area contributed by atoms with Gasteiger partial charge in [-0.15, -0.1) is 0 Å². The number of benzene rings is 1. The molecule has 0 atom stereocenters. The van der Waals surface area contributed by atoms with Crippen molar-refractivity contribution in [2.75, 3.05) is 14.2 Å². The summed E-state index contributed by atoms with van der Waals surface area (Å²) in [4.78, 5) is -0.115. The molecule has 7 heteroatoms. The van der Waals surface area contributed by atoms with Gasteiger partial charge in [0.2, 0.25) is 10.0 Å². The summed E-state index contributed by atoms with van der Waals surface area (Å²) in [6.07, 6.45) is 0. The summed E-state index contributed by atoms with van der Waals surface area (Å²) in [6, 6.07) is 2.95. The minimum atomic E-state index is -3.84. The topological polar surface area (TPSA) is 78.6 Å². The molecular formula is C8H10BrNO4S. The lowest BCUT2D eigenvalue weighted by Gasteiger charge is -2.11.